The molecular formula is C23H34F2N6O. The molecule has 176 valence electrons. The highest BCUT2D eigenvalue weighted by atomic mass is 19.3. The maximum absolute atomic E-state index is 12.9. The summed E-state index contributed by atoms with van der Waals surface area (Å²) in [6, 6.07) is 4.26. The summed E-state index contributed by atoms with van der Waals surface area (Å²) < 4.78 is 26.8. The molecule has 2 fully saturated rings. The van der Waals surface area contributed by atoms with E-state index in [4.69, 9.17) is 4.98 Å². The van der Waals surface area contributed by atoms with Crippen LogP contribution in [0.5, 0.6) is 0 Å². The number of nitrogens with zero attached hydrogens (tertiary/aromatic N) is 4. The Bertz CT molecular complexity index is 901. The largest absolute Gasteiger partial charge is 0.367 e. The van der Waals surface area contributed by atoms with Crippen molar-refractivity contribution in [2.24, 2.45) is 7.05 Å². The van der Waals surface area contributed by atoms with Crippen molar-refractivity contribution in [2.45, 2.75) is 76.3 Å². The van der Waals surface area contributed by atoms with Crippen LogP contribution in [-0.4, -0.2) is 63.7 Å². The van der Waals surface area contributed by atoms with Gasteiger partial charge in [-0.1, -0.05) is 32.1 Å². The number of carbonyl (C=O) groups excluding carboxylic acids is 1. The van der Waals surface area contributed by atoms with Gasteiger partial charge in [0.05, 0.1) is 11.9 Å². The third-order valence-corrected chi connectivity index (χ3v) is 6.68. The number of carbonyl (C=O) groups is 1. The summed E-state index contributed by atoms with van der Waals surface area (Å²) >= 11 is 0. The summed E-state index contributed by atoms with van der Waals surface area (Å²) in [7, 11) is 1.80. The van der Waals surface area contributed by atoms with Crippen molar-refractivity contribution in [2.75, 3.05) is 25.0 Å². The van der Waals surface area contributed by atoms with E-state index in [9.17, 15) is 13.6 Å². The Morgan fingerprint density at radius 3 is 2.44 bits per heavy atom. The van der Waals surface area contributed by atoms with Gasteiger partial charge in [-0.05, 0) is 37.8 Å². The number of hydrogen-bond donors (Lipinski definition) is 2. The molecule has 0 unspecified atom stereocenters. The quantitative estimate of drug-likeness (QED) is 0.700. The van der Waals surface area contributed by atoms with Crippen LogP contribution in [0.2, 0.25) is 0 Å². The maximum Gasteiger partial charge on any atom is 0.272 e. The molecule has 9 heteroatoms. The number of nitrogens with one attached hydrogen (secondary N) is 2. The Kier molecular flexibility index (Phi) is 7.55. The van der Waals surface area contributed by atoms with Crippen LogP contribution < -0.4 is 10.6 Å². The number of likely N-dealkylation sites (tertiary alicyclic amines) is 1. The molecule has 2 aliphatic rings. The van der Waals surface area contributed by atoms with Crippen LogP contribution >= 0.6 is 0 Å². The van der Waals surface area contributed by atoms with Gasteiger partial charge >= 0.3 is 0 Å². The number of halogens is 2. The lowest BCUT2D eigenvalue weighted by Crippen LogP contribution is -2.45. The Balaban J connectivity index is 1.39. The molecule has 0 radical (unpaired) electrons. The van der Waals surface area contributed by atoms with Crippen molar-refractivity contribution in [1.29, 1.82) is 0 Å². The topological polar surface area (TPSA) is 75.1 Å². The first-order chi connectivity index (χ1) is 15.5. The zero-order valence-electron chi connectivity index (χ0n) is 18.8. The van der Waals surface area contributed by atoms with E-state index >= 15 is 0 Å². The van der Waals surface area contributed by atoms with E-state index in [1.807, 2.05) is 12.1 Å². The third-order valence-electron chi connectivity index (χ3n) is 6.68. The molecule has 2 N–H and O–H groups in total. The standard InChI is InChI=1S/C23H34F2N6O/c1-30-22-18(9-10-20(28-22)26-16-7-5-3-2-4-6-8-16)21(29-30)23(32)27-17-11-13-31(14-12-17)15-19(24)25/h9-10,16-17,19H,2-8,11-15H2,1H3,(H,26,28)(H,27,32). The smallest absolute Gasteiger partial charge is 0.272 e. The molecular weight excluding hydrogens is 414 g/mol. The van der Waals surface area contributed by atoms with Crippen LogP contribution in [0.3, 0.4) is 0 Å². The predicted octanol–water partition coefficient (Wildman–Crippen LogP) is 3.95. The van der Waals surface area contributed by atoms with Crippen LogP contribution in [0.25, 0.3) is 11.0 Å². The van der Waals surface area contributed by atoms with Crippen molar-refractivity contribution in [1.82, 2.24) is 25.0 Å². The molecule has 2 aromatic heterocycles. The number of piperidine rings is 1. The van der Waals surface area contributed by atoms with Crippen LogP contribution in [0.15, 0.2) is 12.1 Å². The van der Waals surface area contributed by atoms with Crippen LogP contribution in [0.1, 0.15) is 68.3 Å². The van der Waals surface area contributed by atoms with E-state index in [0.29, 0.717) is 43.3 Å². The minimum atomic E-state index is -2.32. The van der Waals surface area contributed by atoms with Gasteiger partial charge in [0.15, 0.2) is 11.3 Å². The minimum absolute atomic E-state index is 0.0262. The normalized spacial score (nSPS) is 19.8. The molecule has 1 aliphatic carbocycles. The molecule has 1 saturated heterocycles. The average molecular weight is 449 g/mol. The van der Waals surface area contributed by atoms with Crippen LogP contribution in [-0.2, 0) is 7.05 Å². The predicted molar refractivity (Wildman–Crippen MR) is 121 cm³/mol. The maximum atomic E-state index is 12.9. The number of fused-ring (bicyclic) bond motifs is 1. The zero-order chi connectivity index (χ0) is 22.5. The molecule has 0 bridgehead atoms. The number of amides is 1. The Labute approximate surface area is 187 Å². The lowest BCUT2D eigenvalue weighted by atomic mass is 9.97. The SMILES string of the molecule is Cn1nc(C(=O)NC2CCN(CC(F)F)CC2)c2ccc(NC3CCCCCCC3)nc21. The molecule has 3 heterocycles. The highest BCUT2D eigenvalue weighted by Crippen LogP contribution is 2.23. The van der Waals surface area contributed by atoms with Gasteiger partial charge in [0.25, 0.3) is 12.3 Å². The fourth-order valence-electron chi connectivity index (χ4n) is 4.90. The molecule has 0 aromatic carbocycles. The van der Waals surface area contributed by atoms with E-state index < -0.39 is 6.43 Å². The minimum Gasteiger partial charge on any atom is -0.367 e. The van der Waals surface area contributed by atoms with E-state index in [2.05, 4.69) is 15.7 Å². The summed E-state index contributed by atoms with van der Waals surface area (Å²) in [5.74, 6) is 0.592. The summed E-state index contributed by atoms with van der Waals surface area (Å²) in [5.41, 5.74) is 1.04. The van der Waals surface area contributed by atoms with Crippen LogP contribution in [0.4, 0.5) is 14.6 Å². The fraction of sp³-hybridized carbons (Fsp3) is 0.696. The highest BCUT2D eigenvalue weighted by Gasteiger charge is 2.25. The number of hydrogen-bond acceptors (Lipinski definition) is 5. The highest BCUT2D eigenvalue weighted by molar-refractivity contribution is 6.04. The number of aryl methyl sites for hydroxylation is 1. The van der Waals surface area contributed by atoms with Gasteiger partial charge in [-0.3, -0.25) is 9.69 Å². The van der Waals surface area contributed by atoms with Gasteiger partial charge in [-0.25, -0.2) is 18.4 Å². The Morgan fingerprint density at radius 1 is 1.06 bits per heavy atom. The number of rotatable bonds is 6. The molecule has 0 spiro atoms. The van der Waals surface area contributed by atoms with Gasteiger partial charge in [0, 0.05) is 32.2 Å². The summed E-state index contributed by atoms with van der Waals surface area (Å²) in [4.78, 5) is 19.4. The lowest BCUT2D eigenvalue weighted by molar-refractivity contribution is 0.0695. The van der Waals surface area contributed by atoms with Gasteiger partial charge in [-0.15, -0.1) is 0 Å². The summed E-state index contributed by atoms with van der Waals surface area (Å²) in [6.07, 6.45) is 7.77. The van der Waals surface area contributed by atoms with E-state index in [0.717, 1.165) is 24.0 Å². The Hall–Kier alpha value is -2.29. The van der Waals surface area contributed by atoms with E-state index in [-0.39, 0.29) is 18.5 Å². The zero-order valence-corrected chi connectivity index (χ0v) is 18.8. The number of aromatic nitrogens is 3. The molecule has 4 rings (SSSR count). The number of alkyl halides is 2. The number of anilines is 1. The molecule has 1 saturated carbocycles. The molecule has 1 aliphatic heterocycles. The first kappa shape index (κ1) is 22.9. The monoisotopic (exact) mass is 448 g/mol. The second kappa shape index (κ2) is 10.6. The van der Waals surface area contributed by atoms with Crippen molar-refractivity contribution >= 4 is 22.8 Å². The molecule has 2 aromatic rings. The molecule has 1 amide bonds. The van der Waals surface area contributed by atoms with Crippen molar-refractivity contribution in [3.8, 4) is 0 Å². The second-order valence-corrected chi connectivity index (χ2v) is 9.17. The average Bonchev–Trinajstić information content (AvgIpc) is 3.07. The third kappa shape index (κ3) is 5.74. The fourth-order valence-corrected chi connectivity index (χ4v) is 4.90. The summed E-state index contributed by atoms with van der Waals surface area (Å²) in [6.45, 7) is 0.931. The first-order valence-electron chi connectivity index (χ1n) is 11.9. The second-order valence-electron chi connectivity index (χ2n) is 9.17. The molecule has 7 nitrogen and oxygen atoms in total. The first-order valence-corrected chi connectivity index (χ1v) is 11.9. The Morgan fingerprint density at radius 2 is 1.75 bits per heavy atom. The van der Waals surface area contributed by atoms with Crippen molar-refractivity contribution in [3.63, 3.8) is 0 Å². The molecule has 32 heavy (non-hydrogen) atoms. The van der Waals surface area contributed by atoms with Crippen LogP contribution in [0, 0.1) is 0 Å². The molecule has 0 atom stereocenters. The summed E-state index contributed by atoms with van der Waals surface area (Å²) in [5, 5.41) is 11.8. The van der Waals surface area contributed by atoms with Crippen molar-refractivity contribution in [3.05, 3.63) is 17.8 Å². The van der Waals surface area contributed by atoms with Gasteiger partial charge in [0.2, 0.25) is 0 Å². The van der Waals surface area contributed by atoms with E-state index in [1.54, 1.807) is 16.6 Å². The van der Waals surface area contributed by atoms with E-state index in [1.165, 1.54) is 32.1 Å². The van der Waals surface area contributed by atoms with Crippen molar-refractivity contribution < 1.29 is 13.6 Å². The number of pyridine rings is 1. The van der Waals surface area contributed by atoms with Gasteiger partial charge in [0.1, 0.15) is 5.82 Å². The lowest BCUT2D eigenvalue weighted by Gasteiger charge is -2.31. The van der Waals surface area contributed by atoms with Gasteiger partial charge < -0.3 is 10.6 Å². The van der Waals surface area contributed by atoms with Gasteiger partial charge in [-0.2, -0.15) is 5.10 Å².